The molecule has 0 unspecified atom stereocenters. The molecule has 1 atom stereocenters. The van der Waals surface area contributed by atoms with Crippen molar-refractivity contribution in [3.05, 3.63) is 18.2 Å². The van der Waals surface area contributed by atoms with Crippen molar-refractivity contribution >= 4 is 0 Å². The summed E-state index contributed by atoms with van der Waals surface area (Å²) in [4.78, 5) is 4.09. The molecule has 2 rings (SSSR count). The molecular weight excluding hydrogens is 138 g/mol. The molecule has 1 fully saturated rings. The van der Waals surface area contributed by atoms with Crippen LogP contribution in [0.4, 0.5) is 0 Å². The van der Waals surface area contributed by atoms with Gasteiger partial charge in [-0.2, -0.15) is 0 Å². The zero-order valence-electron chi connectivity index (χ0n) is 6.70. The summed E-state index contributed by atoms with van der Waals surface area (Å²) in [5.74, 6) is 0. The van der Waals surface area contributed by atoms with Crippen molar-refractivity contribution in [1.82, 2.24) is 9.55 Å². The van der Waals surface area contributed by atoms with Crippen molar-refractivity contribution in [2.75, 3.05) is 0 Å². The Balaban J connectivity index is 2.30. The van der Waals surface area contributed by atoms with E-state index in [-0.39, 0.29) is 6.04 Å². The first-order valence-corrected chi connectivity index (χ1v) is 4.06. The first-order chi connectivity index (χ1) is 5.29. The molecular formula is C8H13N3. The lowest BCUT2D eigenvalue weighted by Gasteiger charge is -2.08. The molecule has 60 valence electrons. The quantitative estimate of drug-likeness (QED) is 0.691. The molecule has 1 aliphatic rings. The van der Waals surface area contributed by atoms with Gasteiger partial charge < -0.3 is 10.3 Å². The van der Waals surface area contributed by atoms with Gasteiger partial charge >= 0.3 is 0 Å². The third-order valence-corrected chi connectivity index (χ3v) is 2.10. The number of rotatable bonds is 2. The molecule has 1 saturated carbocycles. The SMILES string of the molecule is C[C@H](N)c1cncn1C1CC1. The Hall–Kier alpha value is -0.830. The van der Waals surface area contributed by atoms with Gasteiger partial charge in [-0.25, -0.2) is 4.98 Å². The number of hydrogen-bond acceptors (Lipinski definition) is 2. The Kier molecular flexibility index (Phi) is 1.46. The van der Waals surface area contributed by atoms with Gasteiger partial charge in [-0.15, -0.1) is 0 Å². The number of nitrogens with two attached hydrogens (primary N) is 1. The van der Waals surface area contributed by atoms with Gasteiger partial charge in [-0.3, -0.25) is 0 Å². The maximum Gasteiger partial charge on any atom is 0.0951 e. The summed E-state index contributed by atoms with van der Waals surface area (Å²) in [6, 6.07) is 0.802. The average Bonchev–Trinajstić information content (AvgIpc) is 2.68. The van der Waals surface area contributed by atoms with Crippen LogP contribution in [0.25, 0.3) is 0 Å². The van der Waals surface area contributed by atoms with E-state index in [2.05, 4.69) is 9.55 Å². The largest absolute Gasteiger partial charge is 0.330 e. The molecule has 0 aromatic carbocycles. The maximum atomic E-state index is 5.76. The molecule has 0 aliphatic heterocycles. The Bertz CT molecular complexity index is 231. The van der Waals surface area contributed by atoms with Crippen molar-refractivity contribution in [2.45, 2.75) is 31.8 Å². The van der Waals surface area contributed by atoms with Crippen LogP contribution in [-0.4, -0.2) is 9.55 Å². The van der Waals surface area contributed by atoms with Crippen molar-refractivity contribution in [3.8, 4) is 0 Å². The molecule has 3 nitrogen and oxygen atoms in total. The first-order valence-electron chi connectivity index (χ1n) is 4.06. The van der Waals surface area contributed by atoms with Gasteiger partial charge in [-0.05, 0) is 19.8 Å². The van der Waals surface area contributed by atoms with Crippen LogP contribution in [0, 0.1) is 0 Å². The summed E-state index contributed by atoms with van der Waals surface area (Å²) in [5, 5.41) is 0. The minimum absolute atomic E-state index is 0.109. The Morgan fingerprint density at radius 2 is 2.45 bits per heavy atom. The summed E-state index contributed by atoms with van der Waals surface area (Å²) >= 11 is 0. The molecule has 0 spiro atoms. The van der Waals surface area contributed by atoms with Crippen LogP contribution < -0.4 is 5.73 Å². The van der Waals surface area contributed by atoms with E-state index in [4.69, 9.17) is 5.73 Å². The molecule has 3 heteroatoms. The van der Waals surface area contributed by atoms with Gasteiger partial charge in [0.15, 0.2) is 0 Å². The van der Waals surface area contributed by atoms with Crippen LogP contribution in [0.2, 0.25) is 0 Å². The predicted molar refractivity (Wildman–Crippen MR) is 43.1 cm³/mol. The highest BCUT2D eigenvalue weighted by Crippen LogP contribution is 2.36. The molecule has 2 N–H and O–H groups in total. The van der Waals surface area contributed by atoms with Crippen molar-refractivity contribution in [1.29, 1.82) is 0 Å². The van der Waals surface area contributed by atoms with Crippen molar-refractivity contribution < 1.29 is 0 Å². The summed E-state index contributed by atoms with van der Waals surface area (Å²) in [5.41, 5.74) is 6.92. The fourth-order valence-corrected chi connectivity index (χ4v) is 1.33. The molecule has 11 heavy (non-hydrogen) atoms. The Morgan fingerprint density at radius 3 is 3.00 bits per heavy atom. The fourth-order valence-electron chi connectivity index (χ4n) is 1.33. The number of hydrogen-bond donors (Lipinski definition) is 1. The lowest BCUT2D eigenvalue weighted by molar-refractivity contribution is 0.644. The summed E-state index contributed by atoms with van der Waals surface area (Å²) in [7, 11) is 0. The fraction of sp³-hybridized carbons (Fsp3) is 0.625. The van der Waals surface area contributed by atoms with E-state index in [1.165, 1.54) is 12.8 Å². The van der Waals surface area contributed by atoms with Crippen LogP contribution in [-0.2, 0) is 0 Å². The second kappa shape index (κ2) is 2.34. The minimum Gasteiger partial charge on any atom is -0.330 e. The summed E-state index contributed by atoms with van der Waals surface area (Å²) in [6.07, 6.45) is 6.32. The van der Waals surface area contributed by atoms with Gasteiger partial charge in [0.2, 0.25) is 0 Å². The van der Waals surface area contributed by atoms with Crippen molar-refractivity contribution in [2.24, 2.45) is 5.73 Å². The zero-order chi connectivity index (χ0) is 7.84. The number of aromatic nitrogens is 2. The van der Waals surface area contributed by atoms with E-state index in [9.17, 15) is 0 Å². The third kappa shape index (κ3) is 1.16. The summed E-state index contributed by atoms with van der Waals surface area (Å²) < 4.78 is 2.20. The molecule has 0 saturated heterocycles. The molecule has 1 aromatic rings. The molecule has 1 aromatic heterocycles. The highest BCUT2D eigenvalue weighted by molar-refractivity contribution is 5.07. The van der Waals surface area contributed by atoms with Gasteiger partial charge in [-0.1, -0.05) is 0 Å². The summed E-state index contributed by atoms with van der Waals surface area (Å²) in [6.45, 7) is 2.00. The third-order valence-electron chi connectivity index (χ3n) is 2.10. The molecule has 0 amide bonds. The molecule has 0 bridgehead atoms. The van der Waals surface area contributed by atoms with E-state index in [0.717, 1.165) is 5.69 Å². The Morgan fingerprint density at radius 1 is 1.73 bits per heavy atom. The van der Waals surface area contributed by atoms with Crippen molar-refractivity contribution in [3.63, 3.8) is 0 Å². The number of imidazole rings is 1. The van der Waals surface area contributed by atoms with E-state index < -0.39 is 0 Å². The smallest absolute Gasteiger partial charge is 0.0951 e. The zero-order valence-corrected chi connectivity index (χ0v) is 6.70. The normalized spacial score (nSPS) is 20.2. The highest BCUT2D eigenvalue weighted by Gasteiger charge is 2.25. The van der Waals surface area contributed by atoms with Gasteiger partial charge in [0.05, 0.1) is 12.0 Å². The predicted octanol–water partition coefficient (Wildman–Crippen LogP) is 1.24. The highest BCUT2D eigenvalue weighted by atomic mass is 15.1. The topological polar surface area (TPSA) is 43.8 Å². The van der Waals surface area contributed by atoms with E-state index >= 15 is 0 Å². The standard InChI is InChI=1S/C8H13N3/c1-6(9)8-4-10-5-11(8)7-2-3-7/h4-7H,2-3,9H2,1H3/t6-/m0/s1. The first kappa shape index (κ1) is 6.85. The Labute approximate surface area is 66.2 Å². The monoisotopic (exact) mass is 151 g/mol. The van der Waals surface area contributed by atoms with Crippen LogP contribution in [0.15, 0.2) is 12.5 Å². The lowest BCUT2D eigenvalue weighted by Crippen LogP contribution is -2.10. The number of nitrogens with zero attached hydrogens (tertiary/aromatic N) is 2. The average molecular weight is 151 g/mol. The van der Waals surface area contributed by atoms with Gasteiger partial charge in [0.25, 0.3) is 0 Å². The van der Waals surface area contributed by atoms with Crippen LogP contribution in [0.1, 0.15) is 37.5 Å². The van der Waals surface area contributed by atoms with Gasteiger partial charge in [0.1, 0.15) is 0 Å². The van der Waals surface area contributed by atoms with Crippen LogP contribution in [0.5, 0.6) is 0 Å². The van der Waals surface area contributed by atoms with E-state index in [1.807, 2.05) is 19.4 Å². The second-order valence-corrected chi connectivity index (χ2v) is 3.25. The van der Waals surface area contributed by atoms with Crippen LogP contribution >= 0.6 is 0 Å². The van der Waals surface area contributed by atoms with Gasteiger partial charge in [0, 0.05) is 18.3 Å². The van der Waals surface area contributed by atoms with Crippen LogP contribution in [0.3, 0.4) is 0 Å². The molecule has 0 radical (unpaired) electrons. The van der Waals surface area contributed by atoms with E-state index in [1.54, 1.807) is 0 Å². The molecule has 1 aliphatic carbocycles. The van der Waals surface area contributed by atoms with E-state index in [0.29, 0.717) is 6.04 Å². The second-order valence-electron chi connectivity index (χ2n) is 3.25. The molecule has 1 heterocycles. The minimum atomic E-state index is 0.109. The lowest BCUT2D eigenvalue weighted by atomic mass is 10.3. The maximum absolute atomic E-state index is 5.76.